The highest BCUT2D eigenvalue weighted by Crippen LogP contribution is 2.27. The lowest BCUT2D eigenvalue weighted by molar-refractivity contribution is 0.350. The molecule has 2 nitrogen and oxygen atoms in total. The van der Waals surface area contributed by atoms with E-state index in [4.69, 9.17) is 4.74 Å². The van der Waals surface area contributed by atoms with Gasteiger partial charge in [-0.1, -0.05) is 12.6 Å². The Labute approximate surface area is 111 Å². The molecule has 1 aliphatic rings. The molecule has 3 heteroatoms. The smallest absolute Gasteiger partial charge is 0.133 e. The summed E-state index contributed by atoms with van der Waals surface area (Å²) in [5, 5.41) is 3.49. The number of benzene rings is 1. The van der Waals surface area contributed by atoms with Gasteiger partial charge >= 0.3 is 0 Å². The summed E-state index contributed by atoms with van der Waals surface area (Å²) < 4.78 is 6.63. The molecule has 0 saturated heterocycles. The lowest BCUT2D eigenvalue weighted by Crippen LogP contribution is -2.15. The maximum atomic E-state index is 5.62. The van der Waals surface area contributed by atoms with Crippen molar-refractivity contribution in [3.63, 3.8) is 0 Å². The van der Waals surface area contributed by atoms with Gasteiger partial charge in [0.15, 0.2) is 0 Å². The van der Waals surface area contributed by atoms with Gasteiger partial charge in [-0.2, -0.15) is 0 Å². The van der Waals surface area contributed by atoms with Crippen LogP contribution in [0.15, 0.2) is 34.8 Å². The number of hydrogen-bond donors (Lipinski definition) is 1. The van der Waals surface area contributed by atoms with Crippen LogP contribution in [0.2, 0.25) is 0 Å². The summed E-state index contributed by atoms with van der Waals surface area (Å²) in [6.45, 7) is 7.29. The van der Waals surface area contributed by atoms with E-state index in [2.05, 4.69) is 40.0 Å². The van der Waals surface area contributed by atoms with E-state index in [-0.39, 0.29) is 0 Å². The van der Waals surface area contributed by atoms with Crippen LogP contribution in [-0.2, 0) is 6.54 Å². The van der Waals surface area contributed by atoms with Crippen LogP contribution >= 0.6 is 15.9 Å². The van der Waals surface area contributed by atoms with Crippen LogP contribution in [0, 0.1) is 0 Å². The fraction of sp³-hybridized carbons (Fsp3) is 0.429. The minimum atomic E-state index is 0.568. The molecule has 92 valence electrons. The second-order valence-corrected chi connectivity index (χ2v) is 5.52. The molecule has 1 aromatic rings. The first kappa shape index (κ1) is 12.7. The van der Waals surface area contributed by atoms with E-state index >= 15 is 0 Å². The van der Waals surface area contributed by atoms with Gasteiger partial charge < -0.3 is 10.1 Å². The Bertz CT molecular complexity index is 413. The molecule has 0 bridgehead atoms. The minimum Gasteiger partial charge on any atom is -0.488 e. The second-order valence-electron chi connectivity index (χ2n) is 4.67. The Hall–Kier alpha value is -0.800. The predicted octanol–water partition coefficient (Wildman–Crippen LogP) is 3.66. The number of rotatable bonds is 6. The summed E-state index contributed by atoms with van der Waals surface area (Å²) in [5.41, 5.74) is 2.31. The van der Waals surface area contributed by atoms with Crippen molar-refractivity contribution in [3.05, 3.63) is 40.4 Å². The molecule has 1 N–H and O–H groups in total. The van der Waals surface area contributed by atoms with Crippen molar-refractivity contribution < 1.29 is 4.74 Å². The van der Waals surface area contributed by atoms with Crippen molar-refractivity contribution in [2.24, 2.45) is 0 Å². The lowest BCUT2D eigenvalue weighted by atomic mass is 10.2. The van der Waals surface area contributed by atoms with Crippen LogP contribution in [0.4, 0.5) is 0 Å². The van der Waals surface area contributed by atoms with E-state index in [9.17, 15) is 0 Å². The normalized spacial score (nSPS) is 14.7. The highest BCUT2D eigenvalue weighted by atomic mass is 79.9. The zero-order chi connectivity index (χ0) is 12.3. The van der Waals surface area contributed by atoms with Gasteiger partial charge in [0.25, 0.3) is 0 Å². The first-order valence-electron chi connectivity index (χ1n) is 5.94. The van der Waals surface area contributed by atoms with Gasteiger partial charge in [-0.3, -0.25) is 0 Å². The lowest BCUT2D eigenvalue weighted by Gasteiger charge is -2.10. The summed E-state index contributed by atoms with van der Waals surface area (Å²) >= 11 is 3.54. The van der Waals surface area contributed by atoms with Gasteiger partial charge in [-0.05, 0) is 59.0 Å². The van der Waals surface area contributed by atoms with Crippen LogP contribution in [0.25, 0.3) is 0 Å². The molecular formula is C14H18BrNO. The van der Waals surface area contributed by atoms with Gasteiger partial charge in [0, 0.05) is 12.6 Å². The van der Waals surface area contributed by atoms with E-state index in [1.807, 2.05) is 13.0 Å². The summed E-state index contributed by atoms with van der Waals surface area (Å²) in [5.74, 6) is 0.878. The van der Waals surface area contributed by atoms with E-state index < -0.39 is 0 Å². The van der Waals surface area contributed by atoms with Crippen LogP contribution in [0.1, 0.15) is 25.3 Å². The molecule has 0 unspecified atom stereocenters. The summed E-state index contributed by atoms with van der Waals surface area (Å²) in [7, 11) is 0. The number of ether oxygens (including phenoxy) is 1. The van der Waals surface area contributed by atoms with Crippen LogP contribution < -0.4 is 10.1 Å². The summed E-state index contributed by atoms with van der Waals surface area (Å²) in [4.78, 5) is 0. The Morgan fingerprint density at radius 3 is 2.88 bits per heavy atom. The largest absolute Gasteiger partial charge is 0.488 e. The SMILES string of the molecule is C=C(C)COc1ccc(CNC2CC2)cc1Br. The molecule has 1 aliphatic carbocycles. The average Bonchev–Trinajstić information content (AvgIpc) is 3.08. The number of halogens is 1. The van der Waals surface area contributed by atoms with Crippen LogP contribution in [-0.4, -0.2) is 12.6 Å². The molecule has 2 rings (SSSR count). The topological polar surface area (TPSA) is 21.3 Å². The van der Waals surface area contributed by atoms with Crippen molar-refractivity contribution >= 4 is 15.9 Å². The summed E-state index contributed by atoms with van der Waals surface area (Å²) in [6, 6.07) is 6.97. The van der Waals surface area contributed by atoms with Crippen molar-refractivity contribution in [1.29, 1.82) is 0 Å². The molecule has 0 radical (unpaired) electrons. The van der Waals surface area contributed by atoms with E-state index in [1.54, 1.807) is 0 Å². The van der Waals surface area contributed by atoms with Gasteiger partial charge in [0.1, 0.15) is 12.4 Å². The van der Waals surface area contributed by atoms with E-state index in [0.717, 1.165) is 28.4 Å². The van der Waals surface area contributed by atoms with Gasteiger partial charge in [-0.25, -0.2) is 0 Å². The Morgan fingerprint density at radius 2 is 2.29 bits per heavy atom. The molecule has 0 amide bonds. The van der Waals surface area contributed by atoms with E-state index in [1.165, 1.54) is 18.4 Å². The second kappa shape index (κ2) is 5.69. The first-order chi connectivity index (χ1) is 8.15. The Kier molecular flexibility index (Phi) is 4.24. The van der Waals surface area contributed by atoms with Gasteiger partial charge in [0.2, 0.25) is 0 Å². The van der Waals surface area contributed by atoms with Crippen molar-refractivity contribution in [3.8, 4) is 5.75 Å². The van der Waals surface area contributed by atoms with Crippen molar-refractivity contribution in [2.45, 2.75) is 32.4 Å². The molecule has 0 spiro atoms. The first-order valence-corrected chi connectivity index (χ1v) is 6.73. The third kappa shape index (κ3) is 4.17. The van der Waals surface area contributed by atoms with Gasteiger partial charge in [-0.15, -0.1) is 0 Å². The van der Waals surface area contributed by atoms with Crippen molar-refractivity contribution in [1.82, 2.24) is 5.32 Å². The standard InChI is InChI=1S/C14H18BrNO/c1-10(2)9-17-14-6-3-11(7-13(14)15)8-16-12-4-5-12/h3,6-7,12,16H,1,4-5,8-9H2,2H3. The summed E-state index contributed by atoms with van der Waals surface area (Å²) in [6.07, 6.45) is 2.64. The predicted molar refractivity (Wildman–Crippen MR) is 74.3 cm³/mol. The highest BCUT2D eigenvalue weighted by Gasteiger charge is 2.19. The molecule has 1 saturated carbocycles. The van der Waals surface area contributed by atoms with Crippen LogP contribution in [0.3, 0.4) is 0 Å². The number of hydrogen-bond acceptors (Lipinski definition) is 2. The third-order valence-electron chi connectivity index (χ3n) is 2.64. The molecule has 0 aromatic heterocycles. The monoisotopic (exact) mass is 295 g/mol. The fourth-order valence-electron chi connectivity index (χ4n) is 1.52. The zero-order valence-corrected chi connectivity index (χ0v) is 11.7. The fourth-order valence-corrected chi connectivity index (χ4v) is 2.06. The third-order valence-corrected chi connectivity index (χ3v) is 3.26. The molecule has 0 heterocycles. The molecule has 1 aromatic carbocycles. The maximum Gasteiger partial charge on any atom is 0.133 e. The molecule has 1 fully saturated rings. The molecular weight excluding hydrogens is 278 g/mol. The average molecular weight is 296 g/mol. The minimum absolute atomic E-state index is 0.568. The Morgan fingerprint density at radius 1 is 1.53 bits per heavy atom. The number of nitrogens with one attached hydrogen (secondary N) is 1. The highest BCUT2D eigenvalue weighted by molar-refractivity contribution is 9.10. The van der Waals surface area contributed by atoms with E-state index in [0.29, 0.717) is 6.61 Å². The van der Waals surface area contributed by atoms with Gasteiger partial charge in [0.05, 0.1) is 4.47 Å². The molecule has 0 atom stereocenters. The van der Waals surface area contributed by atoms with Crippen molar-refractivity contribution in [2.75, 3.05) is 6.61 Å². The molecule has 0 aliphatic heterocycles. The zero-order valence-electron chi connectivity index (χ0n) is 10.1. The molecule has 17 heavy (non-hydrogen) atoms. The Balaban J connectivity index is 1.92. The quantitative estimate of drug-likeness (QED) is 0.809. The van der Waals surface area contributed by atoms with Crippen LogP contribution in [0.5, 0.6) is 5.75 Å². The maximum absolute atomic E-state index is 5.62.